The zero-order valence-corrected chi connectivity index (χ0v) is 11.6. The maximum absolute atomic E-state index is 12.1. The molecule has 1 unspecified atom stereocenters. The third-order valence-corrected chi connectivity index (χ3v) is 3.71. The van der Waals surface area contributed by atoms with E-state index in [2.05, 4.69) is 5.32 Å². The van der Waals surface area contributed by atoms with Crippen LogP contribution in [-0.4, -0.2) is 51.8 Å². The molecule has 0 aliphatic heterocycles. The number of carboxylic acid groups (broad SMARTS) is 1. The standard InChI is InChI=1S/C13H24N2O4/c1-3-9(2)15(8-12(17)18)13(19)14-10-4-6-11(16)7-5-10/h9-11,16H,3-8H2,1-2H3,(H,14,19)(H,17,18). The highest BCUT2D eigenvalue weighted by molar-refractivity contribution is 5.80. The zero-order valence-electron chi connectivity index (χ0n) is 11.6. The molecule has 19 heavy (non-hydrogen) atoms. The van der Waals surface area contributed by atoms with Crippen molar-refractivity contribution in [3.63, 3.8) is 0 Å². The molecule has 0 radical (unpaired) electrons. The Morgan fingerprint density at radius 2 is 1.89 bits per heavy atom. The number of carbonyl (C=O) groups is 2. The summed E-state index contributed by atoms with van der Waals surface area (Å²) in [6.07, 6.45) is 3.31. The van der Waals surface area contributed by atoms with Gasteiger partial charge in [-0.25, -0.2) is 4.79 Å². The molecule has 1 atom stereocenters. The summed E-state index contributed by atoms with van der Waals surface area (Å²) in [5.74, 6) is -1.01. The maximum atomic E-state index is 12.1. The number of carbonyl (C=O) groups excluding carboxylic acids is 1. The lowest BCUT2D eigenvalue weighted by molar-refractivity contribution is -0.138. The van der Waals surface area contributed by atoms with Gasteiger partial charge in [0.15, 0.2) is 0 Å². The van der Waals surface area contributed by atoms with Gasteiger partial charge in [0.1, 0.15) is 6.54 Å². The Balaban J connectivity index is 2.53. The van der Waals surface area contributed by atoms with Crippen LogP contribution in [0.25, 0.3) is 0 Å². The first-order valence-electron chi connectivity index (χ1n) is 6.91. The molecule has 3 N–H and O–H groups in total. The van der Waals surface area contributed by atoms with Crippen LogP contribution in [0.4, 0.5) is 4.79 Å². The lowest BCUT2D eigenvalue weighted by atomic mass is 9.93. The van der Waals surface area contributed by atoms with Gasteiger partial charge in [0.05, 0.1) is 6.10 Å². The van der Waals surface area contributed by atoms with Gasteiger partial charge in [-0.05, 0) is 39.0 Å². The smallest absolute Gasteiger partial charge is 0.323 e. The van der Waals surface area contributed by atoms with E-state index in [1.54, 1.807) is 0 Å². The van der Waals surface area contributed by atoms with Crippen LogP contribution >= 0.6 is 0 Å². The first-order valence-corrected chi connectivity index (χ1v) is 6.91. The highest BCUT2D eigenvalue weighted by atomic mass is 16.4. The minimum Gasteiger partial charge on any atom is -0.480 e. The van der Waals surface area contributed by atoms with Crippen LogP contribution in [-0.2, 0) is 4.79 Å². The molecule has 0 aromatic heterocycles. The third-order valence-electron chi connectivity index (χ3n) is 3.71. The predicted octanol–water partition coefficient (Wildman–Crippen LogP) is 1.18. The summed E-state index contributed by atoms with van der Waals surface area (Å²) >= 11 is 0. The van der Waals surface area contributed by atoms with Gasteiger partial charge in [-0.15, -0.1) is 0 Å². The van der Waals surface area contributed by atoms with Crippen LogP contribution in [0.5, 0.6) is 0 Å². The van der Waals surface area contributed by atoms with Gasteiger partial charge in [-0.2, -0.15) is 0 Å². The lowest BCUT2D eigenvalue weighted by Crippen LogP contribution is -2.51. The molecule has 0 aromatic carbocycles. The number of aliphatic hydroxyl groups is 1. The van der Waals surface area contributed by atoms with E-state index in [0.717, 1.165) is 12.8 Å². The van der Waals surface area contributed by atoms with Gasteiger partial charge < -0.3 is 20.4 Å². The molecule has 110 valence electrons. The van der Waals surface area contributed by atoms with Gasteiger partial charge in [-0.3, -0.25) is 4.79 Å². The number of urea groups is 1. The highest BCUT2D eigenvalue weighted by Gasteiger charge is 2.26. The topological polar surface area (TPSA) is 89.9 Å². The summed E-state index contributed by atoms with van der Waals surface area (Å²) in [5, 5.41) is 21.2. The first-order chi connectivity index (χ1) is 8.93. The largest absolute Gasteiger partial charge is 0.480 e. The molecule has 0 aromatic rings. The molecule has 2 amide bonds. The van der Waals surface area contributed by atoms with Crippen molar-refractivity contribution in [2.45, 2.75) is 64.1 Å². The van der Waals surface area contributed by atoms with E-state index in [9.17, 15) is 14.7 Å². The van der Waals surface area contributed by atoms with Crippen LogP contribution in [0.3, 0.4) is 0 Å². The number of aliphatic hydroxyl groups excluding tert-OH is 1. The lowest BCUT2D eigenvalue weighted by Gasteiger charge is -2.31. The molecule has 1 aliphatic carbocycles. The van der Waals surface area contributed by atoms with E-state index in [1.165, 1.54) is 4.90 Å². The molecule has 0 heterocycles. The molecule has 1 aliphatic rings. The predicted molar refractivity (Wildman–Crippen MR) is 70.9 cm³/mol. The molecular weight excluding hydrogens is 248 g/mol. The van der Waals surface area contributed by atoms with Crippen molar-refractivity contribution in [2.24, 2.45) is 0 Å². The van der Waals surface area contributed by atoms with Gasteiger partial charge in [0, 0.05) is 12.1 Å². The normalized spacial score (nSPS) is 24.6. The van der Waals surface area contributed by atoms with Gasteiger partial charge in [0.2, 0.25) is 0 Å². The quantitative estimate of drug-likeness (QED) is 0.701. The summed E-state index contributed by atoms with van der Waals surface area (Å²) in [5.41, 5.74) is 0. The molecule has 1 saturated carbocycles. The molecule has 6 heteroatoms. The Labute approximate surface area is 113 Å². The molecule has 1 fully saturated rings. The number of amides is 2. The van der Waals surface area contributed by atoms with Gasteiger partial charge >= 0.3 is 12.0 Å². The second-order valence-electron chi connectivity index (χ2n) is 5.23. The fraction of sp³-hybridized carbons (Fsp3) is 0.846. The summed E-state index contributed by atoms with van der Waals surface area (Å²) in [6.45, 7) is 3.48. The van der Waals surface area contributed by atoms with Crippen molar-refractivity contribution in [3.8, 4) is 0 Å². The summed E-state index contributed by atoms with van der Waals surface area (Å²) in [4.78, 5) is 24.3. The SMILES string of the molecule is CCC(C)N(CC(=O)O)C(=O)NC1CCC(O)CC1. The molecule has 0 bridgehead atoms. The minimum absolute atomic E-state index is 0.0382. The first kappa shape index (κ1) is 15.8. The maximum Gasteiger partial charge on any atom is 0.323 e. The molecule has 1 rings (SSSR count). The summed E-state index contributed by atoms with van der Waals surface area (Å²) in [7, 11) is 0. The van der Waals surface area contributed by atoms with Gasteiger partial charge in [-0.1, -0.05) is 6.92 Å². The molecule has 0 spiro atoms. The molecular formula is C13H24N2O4. The van der Waals surface area contributed by atoms with Crippen molar-refractivity contribution >= 4 is 12.0 Å². The third kappa shape index (κ3) is 5.06. The number of aliphatic carboxylic acids is 1. The van der Waals surface area contributed by atoms with E-state index in [0.29, 0.717) is 19.3 Å². The summed E-state index contributed by atoms with van der Waals surface area (Å²) in [6, 6.07) is -0.389. The van der Waals surface area contributed by atoms with Gasteiger partial charge in [0.25, 0.3) is 0 Å². The molecule has 0 saturated heterocycles. The van der Waals surface area contributed by atoms with E-state index in [1.807, 2.05) is 13.8 Å². The Morgan fingerprint density at radius 1 is 1.32 bits per heavy atom. The molecule has 6 nitrogen and oxygen atoms in total. The van der Waals surface area contributed by atoms with Crippen LogP contribution in [0.15, 0.2) is 0 Å². The van der Waals surface area contributed by atoms with E-state index >= 15 is 0 Å². The van der Waals surface area contributed by atoms with Crippen LogP contribution in [0, 0.1) is 0 Å². The number of hydrogen-bond donors (Lipinski definition) is 3. The number of carboxylic acids is 1. The second-order valence-corrected chi connectivity index (χ2v) is 5.23. The Bertz CT molecular complexity index is 314. The van der Waals surface area contributed by atoms with Crippen LogP contribution in [0.2, 0.25) is 0 Å². The number of nitrogens with zero attached hydrogens (tertiary/aromatic N) is 1. The fourth-order valence-corrected chi connectivity index (χ4v) is 2.27. The van der Waals surface area contributed by atoms with Crippen LogP contribution < -0.4 is 5.32 Å². The zero-order chi connectivity index (χ0) is 14.4. The van der Waals surface area contributed by atoms with Crippen molar-refractivity contribution in [1.29, 1.82) is 0 Å². The minimum atomic E-state index is -1.01. The van der Waals surface area contributed by atoms with E-state index < -0.39 is 5.97 Å². The number of hydrogen-bond acceptors (Lipinski definition) is 3. The van der Waals surface area contributed by atoms with E-state index in [4.69, 9.17) is 5.11 Å². The van der Waals surface area contributed by atoms with Crippen molar-refractivity contribution in [3.05, 3.63) is 0 Å². The second kappa shape index (κ2) is 7.33. The van der Waals surface area contributed by atoms with Crippen molar-refractivity contribution in [2.75, 3.05) is 6.54 Å². The Hall–Kier alpha value is -1.30. The van der Waals surface area contributed by atoms with Crippen LogP contribution in [0.1, 0.15) is 46.0 Å². The van der Waals surface area contributed by atoms with Crippen molar-refractivity contribution in [1.82, 2.24) is 10.2 Å². The van der Waals surface area contributed by atoms with E-state index in [-0.39, 0.29) is 30.8 Å². The number of rotatable bonds is 5. The Morgan fingerprint density at radius 3 is 2.37 bits per heavy atom. The highest BCUT2D eigenvalue weighted by Crippen LogP contribution is 2.18. The summed E-state index contributed by atoms with van der Waals surface area (Å²) < 4.78 is 0. The fourth-order valence-electron chi connectivity index (χ4n) is 2.27. The van der Waals surface area contributed by atoms with Crippen molar-refractivity contribution < 1.29 is 19.8 Å². The average molecular weight is 272 g/mol. The Kier molecular flexibility index (Phi) is 6.08. The number of nitrogens with one attached hydrogen (secondary N) is 1. The average Bonchev–Trinajstić information content (AvgIpc) is 2.37. The monoisotopic (exact) mass is 272 g/mol.